The van der Waals surface area contributed by atoms with Crippen LogP contribution in [0.2, 0.25) is 0 Å². The predicted octanol–water partition coefficient (Wildman–Crippen LogP) is 3.34. The Balaban J connectivity index is 1.64. The van der Waals surface area contributed by atoms with Crippen molar-refractivity contribution in [3.63, 3.8) is 0 Å². The molecule has 0 saturated carbocycles. The molecule has 0 spiro atoms. The molecule has 0 unspecified atom stereocenters. The van der Waals surface area contributed by atoms with Gasteiger partial charge < -0.3 is 15.0 Å². The Morgan fingerprint density at radius 1 is 1.07 bits per heavy atom. The second kappa shape index (κ2) is 8.99. The van der Waals surface area contributed by atoms with Gasteiger partial charge in [-0.15, -0.1) is 0 Å². The molecule has 3 aromatic rings. The quantitative estimate of drug-likeness (QED) is 0.617. The van der Waals surface area contributed by atoms with Gasteiger partial charge in [0.2, 0.25) is 0 Å². The second-order valence-corrected chi connectivity index (χ2v) is 6.49. The highest BCUT2D eigenvalue weighted by Crippen LogP contribution is 2.18. The van der Waals surface area contributed by atoms with Gasteiger partial charge in [-0.1, -0.05) is 55.8 Å². The molecule has 0 saturated heterocycles. The Morgan fingerprint density at radius 3 is 2.54 bits per heavy atom. The van der Waals surface area contributed by atoms with Gasteiger partial charge in [0.05, 0.1) is 6.04 Å². The summed E-state index contributed by atoms with van der Waals surface area (Å²) in [5.41, 5.74) is 1.28. The fourth-order valence-corrected chi connectivity index (χ4v) is 3.05. The van der Waals surface area contributed by atoms with Gasteiger partial charge in [0.25, 0.3) is 5.91 Å². The van der Waals surface area contributed by atoms with Gasteiger partial charge in [-0.25, -0.2) is 4.79 Å². The molecule has 6 nitrogen and oxygen atoms in total. The number of aromatic amines is 1. The number of nitrogens with one attached hydrogen (secondary N) is 2. The molecule has 144 valence electrons. The zero-order chi connectivity index (χ0) is 19.9. The summed E-state index contributed by atoms with van der Waals surface area (Å²) < 4.78 is 5.09. The number of esters is 1. The maximum Gasteiger partial charge on any atom is 0.355 e. The maximum absolute atomic E-state index is 12.3. The van der Waals surface area contributed by atoms with E-state index in [4.69, 9.17) is 4.74 Å². The zero-order valence-corrected chi connectivity index (χ0v) is 15.6. The summed E-state index contributed by atoms with van der Waals surface area (Å²) in [7, 11) is 0. The van der Waals surface area contributed by atoms with Crippen LogP contribution < -0.4 is 10.7 Å². The normalized spacial score (nSPS) is 11.8. The molecule has 1 heterocycles. The fraction of sp³-hybridized carbons (Fsp3) is 0.227. The van der Waals surface area contributed by atoms with Crippen molar-refractivity contribution in [2.75, 3.05) is 6.61 Å². The van der Waals surface area contributed by atoms with Crippen LogP contribution in [0.4, 0.5) is 0 Å². The number of carbonyl (C=O) groups excluding carboxylic acids is 2. The van der Waals surface area contributed by atoms with Crippen LogP contribution in [0.15, 0.2) is 65.5 Å². The number of ether oxygens (including phenoxy) is 1. The Morgan fingerprint density at radius 2 is 1.79 bits per heavy atom. The van der Waals surface area contributed by atoms with Crippen molar-refractivity contribution >= 4 is 22.8 Å². The van der Waals surface area contributed by atoms with Crippen LogP contribution in [0.1, 0.15) is 41.9 Å². The monoisotopic (exact) mass is 378 g/mol. The standard InChI is InChI=1S/C22H22N2O4/c1-2-8-17(15-9-4-3-5-10-15)24-21(26)14-28-22(27)19-13-20(25)16-11-6-7-12-18(16)23-19/h3-7,9-13,17H,2,8,14H2,1H3,(H,23,25)(H,24,26)/t17-/m1/s1. The van der Waals surface area contributed by atoms with E-state index in [-0.39, 0.29) is 17.2 Å². The molecule has 2 aromatic carbocycles. The fourth-order valence-electron chi connectivity index (χ4n) is 3.05. The number of para-hydroxylation sites is 1. The molecule has 0 aliphatic rings. The van der Waals surface area contributed by atoms with Crippen molar-refractivity contribution in [1.29, 1.82) is 0 Å². The van der Waals surface area contributed by atoms with E-state index in [1.54, 1.807) is 24.3 Å². The van der Waals surface area contributed by atoms with Gasteiger partial charge in [-0.3, -0.25) is 9.59 Å². The molecular formula is C22H22N2O4. The Kier molecular flexibility index (Phi) is 6.22. The first kappa shape index (κ1) is 19.4. The van der Waals surface area contributed by atoms with Crippen molar-refractivity contribution in [1.82, 2.24) is 10.3 Å². The smallest absolute Gasteiger partial charge is 0.355 e. The Hall–Kier alpha value is -3.41. The van der Waals surface area contributed by atoms with Crippen LogP contribution in [-0.4, -0.2) is 23.5 Å². The van der Waals surface area contributed by atoms with E-state index in [0.717, 1.165) is 18.4 Å². The van der Waals surface area contributed by atoms with Crippen molar-refractivity contribution in [3.05, 3.63) is 82.1 Å². The van der Waals surface area contributed by atoms with Gasteiger partial charge in [0.15, 0.2) is 12.0 Å². The van der Waals surface area contributed by atoms with E-state index in [2.05, 4.69) is 10.3 Å². The summed E-state index contributed by atoms with van der Waals surface area (Å²) in [5, 5.41) is 3.38. The number of pyridine rings is 1. The van der Waals surface area contributed by atoms with Gasteiger partial charge in [-0.05, 0) is 24.1 Å². The molecule has 6 heteroatoms. The molecule has 0 bridgehead atoms. The first-order chi connectivity index (χ1) is 13.6. The summed E-state index contributed by atoms with van der Waals surface area (Å²) in [6.45, 7) is 1.62. The number of benzene rings is 2. The second-order valence-electron chi connectivity index (χ2n) is 6.49. The lowest BCUT2D eigenvalue weighted by atomic mass is 10.0. The van der Waals surface area contributed by atoms with Crippen molar-refractivity contribution in [2.45, 2.75) is 25.8 Å². The molecule has 2 N–H and O–H groups in total. The van der Waals surface area contributed by atoms with Crippen molar-refractivity contribution in [2.24, 2.45) is 0 Å². The molecule has 28 heavy (non-hydrogen) atoms. The summed E-state index contributed by atoms with van der Waals surface area (Å²) in [6.07, 6.45) is 1.68. The minimum atomic E-state index is -0.746. The predicted molar refractivity (Wildman–Crippen MR) is 107 cm³/mol. The molecule has 3 rings (SSSR count). The minimum absolute atomic E-state index is 0.0182. The summed E-state index contributed by atoms with van der Waals surface area (Å²) in [6, 6.07) is 17.6. The average Bonchev–Trinajstić information content (AvgIpc) is 2.72. The first-order valence-electron chi connectivity index (χ1n) is 9.22. The molecular weight excluding hydrogens is 356 g/mol. The van der Waals surface area contributed by atoms with Crippen LogP contribution >= 0.6 is 0 Å². The van der Waals surface area contributed by atoms with Gasteiger partial charge in [0, 0.05) is 17.0 Å². The van der Waals surface area contributed by atoms with E-state index >= 15 is 0 Å². The summed E-state index contributed by atoms with van der Waals surface area (Å²) >= 11 is 0. The van der Waals surface area contributed by atoms with E-state index in [1.807, 2.05) is 37.3 Å². The van der Waals surface area contributed by atoms with E-state index in [0.29, 0.717) is 10.9 Å². The van der Waals surface area contributed by atoms with Gasteiger partial charge >= 0.3 is 5.97 Å². The topological polar surface area (TPSA) is 88.3 Å². The number of hydrogen-bond acceptors (Lipinski definition) is 4. The number of carbonyl (C=O) groups is 2. The number of hydrogen-bond donors (Lipinski definition) is 2. The molecule has 1 aromatic heterocycles. The third-order valence-corrected chi connectivity index (χ3v) is 4.41. The Bertz CT molecular complexity index is 1030. The third-order valence-electron chi connectivity index (χ3n) is 4.41. The number of aromatic nitrogens is 1. The van der Waals surface area contributed by atoms with E-state index in [9.17, 15) is 14.4 Å². The van der Waals surface area contributed by atoms with Gasteiger partial charge in [-0.2, -0.15) is 0 Å². The maximum atomic E-state index is 12.3. The highest BCUT2D eigenvalue weighted by molar-refractivity contribution is 5.92. The highest BCUT2D eigenvalue weighted by Gasteiger charge is 2.16. The van der Waals surface area contributed by atoms with Crippen molar-refractivity contribution < 1.29 is 14.3 Å². The zero-order valence-electron chi connectivity index (χ0n) is 15.6. The van der Waals surface area contributed by atoms with Crippen LogP contribution in [0.5, 0.6) is 0 Å². The average molecular weight is 378 g/mol. The number of rotatable bonds is 7. The van der Waals surface area contributed by atoms with Crippen LogP contribution in [-0.2, 0) is 9.53 Å². The first-order valence-corrected chi connectivity index (χ1v) is 9.22. The van der Waals surface area contributed by atoms with E-state index < -0.39 is 18.5 Å². The van der Waals surface area contributed by atoms with Crippen LogP contribution in [0.25, 0.3) is 10.9 Å². The third kappa shape index (κ3) is 4.65. The SMILES string of the molecule is CCC[C@@H](NC(=O)COC(=O)c1cc(=O)c2ccccc2[nH]1)c1ccccc1. The highest BCUT2D eigenvalue weighted by atomic mass is 16.5. The summed E-state index contributed by atoms with van der Waals surface area (Å²) in [4.78, 5) is 39.5. The molecule has 0 radical (unpaired) electrons. The lowest BCUT2D eigenvalue weighted by Crippen LogP contribution is -2.32. The lowest BCUT2D eigenvalue weighted by Gasteiger charge is -2.18. The van der Waals surface area contributed by atoms with Crippen molar-refractivity contribution in [3.8, 4) is 0 Å². The van der Waals surface area contributed by atoms with Gasteiger partial charge in [0.1, 0.15) is 5.69 Å². The lowest BCUT2D eigenvalue weighted by molar-refractivity contribution is -0.125. The van der Waals surface area contributed by atoms with Crippen LogP contribution in [0.3, 0.4) is 0 Å². The van der Waals surface area contributed by atoms with Crippen LogP contribution in [0, 0.1) is 0 Å². The molecule has 0 aliphatic heterocycles. The molecule has 1 amide bonds. The largest absolute Gasteiger partial charge is 0.451 e. The van der Waals surface area contributed by atoms with E-state index in [1.165, 1.54) is 6.07 Å². The minimum Gasteiger partial charge on any atom is -0.451 e. The number of fused-ring (bicyclic) bond motifs is 1. The number of amides is 1. The molecule has 0 fully saturated rings. The Labute approximate surface area is 162 Å². The summed E-state index contributed by atoms with van der Waals surface area (Å²) in [5.74, 6) is -1.14. The molecule has 0 aliphatic carbocycles. The molecule has 1 atom stereocenters. The number of H-pyrrole nitrogens is 1.